The van der Waals surface area contributed by atoms with Crippen molar-refractivity contribution in [1.29, 1.82) is 5.26 Å². The quantitative estimate of drug-likeness (QED) is 0.583. The Hall–Kier alpha value is -3.09. The van der Waals surface area contributed by atoms with Crippen LogP contribution in [0.25, 0.3) is 0 Å². The van der Waals surface area contributed by atoms with Crippen LogP contribution in [0.3, 0.4) is 0 Å². The molecule has 27 heavy (non-hydrogen) atoms. The number of nitrogens with one attached hydrogen (secondary N) is 2. The summed E-state index contributed by atoms with van der Waals surface area (Å²) in [5.41, 5.74) is 2.05. The van der Waals surface area contributed by atoms with Crippen molar-refractivity contribution in [3.8, 4) is 11.8 Å². The molecule has 0 aliphatic heterocycles. The number of rotatable bonds is 7. The van der Waals surface area contributed by atoms with Gasteiger partial charge in [-0.15, -0.1) is 10.2 Å². The van der Waals surface area contributed by atoms with E-state index in [0.29, 0.717) is 20.7 Å². The lowest BCUT2D eigenvalue weighted by Crippen LogP contribution is -2.13. The third-order valence-electron chi connectivity index (χ3n) is 3.35. The number of methoxy groups -OCH3 is 1. The molecule has 0 saturated heterocycles. The molecule has 1 aromatic heterocycles. The SMILES string of the molecule is COc1cccc(Nc2nnc(SCC(=O)Nc3ccc(C#N)cc3)s2)c1. The highest BCUT2D eigenvalue weighted by Crippen LogP contribution is 2.28. The molecule has 3 aromatic rings. The van der Waals surface area contributed by atoms with Crippen LogP contribution in [0.2, 0.25) is 0 Å². The number of hydrogen-bond donors (Lipinski definition) is 2. The van der Waals surface area contributed by atoms with Gasteiger partial charge in [-0.2, -0.15) is 5.26 Å². The van der Waals surface area contributed by atoms with Crippen molar-refractivity contribution in [2.24, 2.45) is 0 Å². The fourth-order valence-electron chi connectivity index (χ4n) is 2.10. The summed E-state index contributed by atoms with van der Waals surface area (Å²) in [5, 5.41) is 23.5. The average Bonchev–Trinajstić information content (AvgIpc) is 3.14. The molecule has 2 aromatic carbocycles. The summed E-state index contributed by atoms with van der Waals surface area (Å²) in [6.45, 7) is 0. The molecule has 0 radical (unpaired) electrons. The zero-order chi connectivity index (χ0) is 19.1. The first-order valence-electron chi connectivity index (χ1n) is 7.83. The van der Waals surface area contributed by atoms with E-state index in [1.54, 1.807) is 31.4 Å². The largest absolute Gasteiger partial charge is 0.497 e. The third-order valence-corrected chi connectivity index (χ3v) is 5.32. The van der Waals surface area contributed by atoms with Crippen LogP contribution in [-0.2, 0) is 4.79 Å². The van der Waals surface area contributed by atoms with Gasteiger partial charge in [-0.3, -0.25) is 4.79 Å². The standard InChI is InChI=1S/C18H15N5O2S2/c1-25-15-4-2-3-14(9-15)21-17-22-23-18(27-17)26-11-16(24)20-13-7-5-12(10-19)6-8-13/h2-9H,11H2,1H3,(H,20,24)(H,21,22). The Labute approximate surface area is 164 Å². The van der Waals surface area contributed by atoms with Crippen LogP contribution in [0.15, 0.2) is 52.9 Å². The Kier molecular flexibility index (Phi) is 6.25. The predicted octanol–water partition coefficient (Wildman–Crippen LogP) is 3.89. The van der Waals surface area contributed by atoms with Gasteiger partial charge in [0.25, 0.3) is 0 Å². The van der Waals surface area contributed by atoms with Crippen LogP contribution in [0.4, 0.5) is 16.5 Å². The lowest BCUT2D eigenvalue weighted by Gasteiger charge is -2.04. The second kappa shape index (κ2) is 9.02. The van der Waals surface area contributed by atoms with Gasteiger partial charge >= 0.3 is 0 Å². The van der Waals surface area contributed by atoms with Crippen molar-refractivity contribution in [2.45, 2.75) is 4.34 Å². The first-order valence-corrected chi connectivity index (χ1v) is 9.64. The minimum Gasteiger partial charge on any atom is -0.497 e. The van der Waals surface area contributed by atoms with Crippen LogP contribution in [-0.4, -0.2) is 29.0 Å². The van der Waals surface area contributed by atoms with Crippen LogP contribution >= 0.6 is 23.1 Å². The maximum Gasteiger partial charge on any atom is 0.234 e. The van der Waals surface area contributed by atoms with Crippen LogP contribution in [0, 0.1) is 11.3 Å². The maximum atomic E-state index is 12.0. The third kappa shape index (κ3) is 5.44. The highest BCUT2D eigenvalue weighted by molar-refractivity contribution is 8.01. The van der Waals surface area contributed by atoms with E-state index in [1.807, 2.05) is 30.3 Å². The summed E-state index contributed by atoms with van der Waals surface area (Å²) in [7, 11) is 1.61. The molecule has 7 nitrogen and oxygen atoms in total. The van der Waals surface area contributed by atoms with Gasteiger partial charge < -0.3 is 15.4 Å². The number of carbonyl (C=O) groups excluding carboxylic acids is 1. The number of nitriles is 1. The number of benzene rings is 2. The topological polar surface area (TPSA) is 99.9 Å². The molecular formula is C18H15N5O2S2. The molecule has 2 N–H and O–H groups in total. The second-order valence-corrected chi connectivity index (χ2v) is 7.46. The lowest BCUT2D eigenvalue weighted by molar-refractivity contribution is -0.113. The van der Waals surface area contributed by atoms with Gasteiger partial charge in [0, 0.05) is 17.4 Å². The number of carbonyl (C=O) groups is 1. The van der Waals surface area contributed by atoms with E-state index in [0.717, 1.165) is 11.4 Å². The molecule has 9 heteroatoms. The van der Waals surface area contributed by atoms with Gasteiger partial charge in [0.15, 0.2) is 4.34 Å². The highest BCUT2D eigenvalue weighted by atomic mass is 32.2. The Balaban J connectivity index is 1.51. The number of hydrogen-bond acceptors (Lipinski definition) is 8. The van der Waals surface area contributed by atoms with Crippen molar-refractivity contribution in [2.75, 3.05) is 23.5 Å². The lowest BCUT2D eigenvalue weighted by atomic mass is 10.2. The van der Waals surface area contributed by atoms with E-state index in [2.05, 4.69) is 20.8 Å². The summed E-state index contributed by atoms with van der Waals surface area (Å²) in [5.74, 6) is 0.814. The number of ether oxygens (including phenoxy) is 1. The fraction of sp³-hybridized carbons (Fsp3) is 0.111. The summed E-state index contributed by atoms with van der Waals surface area (Å²) >= 11 is 2.68. The fourth-order valence-corrected chi connectivity index (χ4v) is 3.67. The Morgan fingerprint density at radius 3 is 2.78 bits per heavy atom. The van der Waals surface area contributed by atoms with Crippen molar-refractivity contribution < 1.29 is 9.53 Å². The molecule has 136 valence electrons. The second-order valence-electron chi connectivity index (χ2n) is 5.26. The first-order chi connectivity index (χ1) is 13.2. The normalized spacial score (nSPS) is 10.1. The van der Waals surface area contributed by atoms with Crippen molar-refractivity contribution in [3.05, 3.63) is 54.1 Å². The molecule has 0 atom stereocenters. The highest BCUT2D eigenvalue weighted by Gasteiger charge is 2.09. The average molecular weight is 397 g/mol. The minimum atomic E-state index is -0.151. The summed E-state index contributed by atoms with van der Waals surface area (Å²) in [6, 6.07) is 16.2. The molecule has 0 fully saturated rings. The van der Waals surface area contributed by atoms with Gasteiger partial charge in [-0.25, -0.2) is 0 Å². The Bertz CT molecular complexity index is 966. The van der Waals surface area contributed by atoms with E-state index in [1.165, 1.54) is 23.1 Å². The molecule has 0 spiro atoms. The first kappa shape index (κ1) is 18.7. The van der Waals surface area contributed by atoms with Crippen molar-refractivity contribution in [1.82, 2.24) is 10.2 Å². The number of nitrogens with zero attached hydrogens (tertiary/aromatic N) is 3. The molecule has 0 unspecified atom stereocenters. The van der Waals surface area contributed by atoms with Crippen LogP contribution in [0.1, 0.15) is 5.56 Å². The van der Waals surface area contributed by atoms with Gasteiger partial charge in [-0.1, -0.05) is 29.2 Å². The molecule has 0 aliphatic rings. The number of anilines is 3. The molecule has 0 aliphatic carbocycles. The molecule has 3 rings (SSSR count). The van der Waals surface area contributed by atoms with Crippen molar-refractivity contribution >= 4 is 45.5 Å². The molecule has 0 saturated carbocycles. The number of amides is 1. The van der Waals surface area contributed by atoms with Crippen LogP contribution in [0.5, 0.6) is 5.75 Å². The van der Waals surface area contributed by atoms with E-state index < -0.39 is 0 Å². The van der Waals surface area contributed by atoms with E-state index >= 15 is 0 Å². The van der Waals surface area contributed by atoms with Gasteiger partial charge in [-0.05, 0) is 36.4 Å². The monoisotopic (exact) mass is 397 g/mol. The van der Waals surface area contributed by atoms with Gasteiger partial charge in [0.05, 0.1) is 24.5 Å². The zero-order valence-electron chi connectivity index (χ0n) is 14.3. The molecule has 0 bridgehead atoms. The summed E-state index contributed by atoms with van der Waals surface area (Å²) in [6.07, 6.45) is 0. The van der Waals surface area contributed by atoms with Gasteiger partial charge in [0.1, 0.15) is 5.75 Å². The van der Waals surface area contributed by atoms with Crippen molar-refractivity contribution in [3.63, 3.8) is 0 Å². The summed E-state index contributed by atoms with van der Waals surface area (Å²) < 4.78 is 5.88. The smallest absolute Gasteiger partial charge is 0.234 e. The Morgan fingerprint density at radius 2 is 2.04 bits per heavy atom. The number of thioether (sulfide) groups is 1. The minimum absolute atomic E-state index is 0.151. The zero-order valence-corrected chi connectivity index (χ0v) is 15.9. The molecule has 1 amide bonds. The maximum absolute atomic E-state index is 12.0. The van der Waals surface area contributed by atoms with E-state index in [-0.39, 0.29) is 11.7 Å². The van der Waals surface area contributed by atoms with E-state index in [4.69, 9.17) is 10.00 Å². The number of aromatic nitrogens is 2. The summed E-state index contributed by atoms with van der Waals surface area (Å²) in [4.78, 5) is 12.0. The van der Waals surface area contributed by atoms with E-state index in [9.17, 15) is 4.79 Å². The molecule has 1 heterocycles. The molecular weight excluding hydrogens is 382 g/mol. The Morgan fingerprint density at radius 1 is 1.22 bits per heavy atom. The van der Waals surface area contributed by atoms with Crippen LogP contribution < -0.4 is 15.4 Å². The van der Waals surface area contributed by atoms with Gasteiger partial charge in [0.2, 0.25) is 11.0 Å². The predicted molar refractivity (Wildman–Crippen MR) is 107 cm³/mol.